The van der Waals surface area contributed by atoms with E-state index >= 15 is 0 Å². The van der Waals surface area contributed by atoms with E-state index in [9.17, 15) is 4.79 Å². The van der Waals surface area contributed by atoms with Gasteiger partial charge in [-0.2, -0.15) is 0 Å². The minimum Gasteiger partial charge on any atom is -0.497 e. The molecule has 2 atom stereocenters. The van der Waals surface area contributed by atoms with E-state index in [1.807, 2.05) is 34.7 Å². The molecule has 4 nitrogen and oxygen atoms in total. The second kappa shape index (κ2) is 5.27. The molecule has 1 aromatic carbocycles. The smallest absolute Gasteiger partial charge is 0.497 e. The lowest BCUT2D eigenvalue weighted by atomic mass is 10.1. The molecule has 0 unspecified atom stereocenters. The highest BCUT2D eigenvalue weighted by atomic mass is 127. The van der Waals surface area contributed by atoms with Gasteiger partial charge >= 0.3 is 6.16 Å². The Hall–Kier alpha value is -1.42. The highest BCUT2D eigenvalue weighted by Gasteiger charge is 2.36. The molecular weight excluding hydrogens is 335 g/mol. The Bertz CT molecular complexity index is 472. The van der Waals surface area contributed by atoms with Crippen LogP contribution in [0.15, 0.2) is 24.3 Å². The van der Waals surface area contributed by atoms with Crippen LogP contribution in [-0.2, 0) is 9.47 Å². The first-order valence-electron chi connectivity index (χ1n) is 4.87. The summed E-state index contributed by atoms with van der Waals surface area (Å²) in [5.41, 5.74) is 0.834. The average molecular weight is 344 g/mol. The molecule has 0 bridgehead atoms. The Morgan fingerprint density at radius 2 is 2.00 bits per heavy atom. The van der Waals surface area contributed by atoms with Gasteiger partial charge in [0.1, 0.15) is 5.75 Å². The molecule has 88 valence electrons. The maximum absolute atomic E-state index is 11.1. The Morgan fingerprint density at radius 3 is 2.59 bits per heavy atom. The summed E-state index contributed by atoms with van der Waals surface area (Å²) in [7, 11) is 1.60. The Morgan fingerprint density at radius 1 is 1.29 bits per heavy atom. The summed E-state index contributed by atoms with van der Waals surface area (Å²) < 4.78 is 17.8. The molecule has 1 aliphatic heterocycles. The van der Waals surface area contributed by atoms with E-state index in [4.69, 9.17) is 14.2 Å². The molecule has 1 fully saturated rings. The van der Waals surface area contributed by atoms with Crippen molar-refractivity contribution < 1.29 is 19.0 Å². The molecule has 0 amide bonds. The number of hydrogen-bond acceptors (Lipinski definition) is 4. The zero-order valence-electron chi connectivity index (χ0n) is 8.98. The topological polar surface area (TPSA) is 44.8 Å². The maximum atomic E-state index is 11.1. The van der Waals surface area contributed by atoms with Crippen molar-refractivity contribution in [3.8, 4) is 15.6 Å². The van der Waals surface area contributed by atoms with Crippen LogP contribution in [0.2, 0.25) is 0 Å². The van der Waals surface area contributed by atoms with Gasteiger partial charge in [0.05, 0.1) is 7.11 Å². The number of methoxy groups -OCH3 is 1. The number of hydrogen-bond donors (Lipinski definition) is 0. The van der Waals surface area contributed by atoms with Gasteiger partial charge in [0.15, 0.2) is 6.10 Å². The third-order valence-electron chi connectivity index (χ3n) is 2.36. The molecule has 0 radical (unpaired) electrons. The summed E-state index contributed by atoms with van der Waals surface area (Å²) in [6, 6.07) is 7.26. The summed E-state index contributed by atoms with van der Waals surface area (Å²) in [5, 5.41) is 0. The van der Waals surface area contributed by atoms with E-state index in [2.05, 4.69) is 9.85 Å². The second-order valence-electron chi connectivity index (χ2n) is 3.34. The molecule has 1 aromatic rings. The van der Waals surface area contributed by atoms with Crippen LogP contribution in [-0.4, -0.2) is 19.4 Å². The van der Waals surface area contributed by atoms with E-state index < -0.39 is 18.4 Å². The van der Waals surface area contributed by atoms with E-state index in [0.29, 0.717) is 0 Å². The minimum absolute atomic E-state index is 0.476. The number of rotatable bonds is 2. The van der Waals surface area contributed by atoms with Crippen molar-refractivity contribution in [1.82, 2.24) is 0 Å². The Kier molecular flexibility index (Phi) is 3.74. The van der Waals surface area contributed by atoms with E-state index in [1.165, 1.54) is 0 Å². The number of carbonyl (C=O) groups is 1. The van der Waals surface area contributed by atoms with Crippen LogP contribution in [0.4, 0.5) is 4.79 Å². The second-order valence-corrected chi connectivity index (χ2v) is 3.88. The zero-order chi connectivity index (χ0) is 12.3. The van der Waals surface area contributed by atoms with Gasteiger partial charge in [-0.1, -0.05) is 12.1 Å². The molecule has 1 saturated heterocycles. The van der Waals surface area contributed by atoms with Gasteiger partial charge in [0.25, 0.3) is 0 Å². The quantitative estimate of drug-likeness (QED) is 0.470. The summed E-state index contributed by atoms with van der Waals surface area (Å²) in [6.45, 7) is 0. The summed E-state index contributed by atoms with van der Waals surface area (Å²) in [6.07, 6.45) is -1.71. The third-order valence-corrected chi connectivity index (χ3v) is 2.67. The molecule has 0 aromatic heterocycles. The molecule has 2 rings (SSSR count). The Balaban J connectivity index is 2.24. The minimum atomic E-state index is -0.685. The standard InChI is InChI=1S/C12H9IO4/c1-15-9-4-2-8(3-5-9)11-10(6-7-13)16-12(14)17-11/h2-5,10-11H,1H3/t10-,11+/m1/s1. The zero-order valence-corrected chi connectivity index (χ0v) is 11.1. The Labute approximate surface area is 112 Å². The number of ether oxygens (including phenoxy) is 3. The van der Waals surface area contributed by atoms with Gasteiger partial charge in [-0.15, -0.1) is 0 Å². The first-order chi connectivity index (χ1) is 8.24. The van der Waals surface area contributed by atoms with Crippen molar-refractivity contribution in [2.45, 2.75) is 12.2 Å². The largest absolute Gasteiger partial charge is 0.510 e. The molecule has 0 aliphatic carbocycles. The van der Waals surface area contributed by atoms with Crippen molar-refractivity contribution in [3.63, 3.8) is 0 Å². The van der Waals surface area contributed by atoms with Gasteiger partial charge in [-0.3, -0.25) is 0 Å². The lowest BCUT2D eigenvalue weighted by molar-refractivity contribution is 0.117. The fourth-order valence-electron chi connectivity index (χ4n) is 1.55. The van der Waals surface area contributed by atoms with E-state index in [-0.39, 0.29) is 0 Å². The third kappa shape index (κ3) is 2.64. The molecular formula is C12H9IO4. The summed E-state index contributed by atoms with van der Waals surface area (Å²) in [4.78, 5) is 11.1. The van der Waals surface area contributed by atoms with Gasteiger partial charge in [-0.25, -0.2) is 4.79 Å². The molecule has 5 heteroatoms. The van der Waals surface area contributed by atoms with Crippen LogP contribution < -0.4 is 4.74 Å². The van der Waals surface area contributed by atoms with Crippen LogP contribution in [0.1, 0.15) is 11.7 Å². The van der Waals surface area contributed by atoms with Crippen molar-refractivity contribution in [2.75, 3.05) is 7.11 Å². The number of cyclic esters (lactones) is 2. The number of halogens is 1. The van der Waals surface area contributed by atoms with Crippen LogP contribution in [0, 0.1) is 9.85 Å². The molecule has 1 aliphatic rings. The fraction of sp³-hybridized carbons (Fsp3) is 0.250. The van der Waals surface area contributed by atoms with Crippen LogP contribution >= 0.6 is 22.6 Å². The highest BCUT2D eigenvalue weighted by Crippen LogP contribution is 2.30. The molecule has 0 saturated carbocycles. The fourth-order valence-corrected chi connectivity index (χ4v) is 1.86. The van der Waals surface area contributed by atoms with Crippen LogP contribution in [0.3, 0.4) is 0 Å². The lowest BCUT2D eigenvalue weighted by Gasteiger charge is -2.11. The molecule has 0 N–H and O–H groups in total. The monoisotopic (exact) mass is 344 g/mol. The van der Waals surface area contributed by atoms with Crippen molar-refractivity contribution in [1.29, 1.82) is 0 Å². The first-order valence-corrected chi connectivity index (χ1v) is 5.95. The van der Waals surface area contributed by atoms with Gasteiger partial charge in [0.2, 0.25) is 6.10 Å². The highest BCUT2D eigenvalue weighted by molar-refractivity contribution is 14.1. The van der Waals surface area contributed by atoms with Crippen LogP contribution in [0.5, 0.6) is 5.75 Å². The average Bonchev–Trinajstić information content (AvgIpc) is 2.71. The summed E-state index contributed by atoms with van der Waals surface area (Å²) >= 11 is 1.90. The van der Waals surface area contributed by atoms with Gasteiger partial charge in [-0.05, 0) is 27.5 Å². The summed E-state index contributed by atoms with van der Waals surface area (Å²) in [5.74, 6) is 3.54. The van der Waals surface area contributed by atoms with Gasteiger partial charge < -0.3 is 14.2 Å². The maximum Gasteiger partial charge on any atom is 0.510 e. The van der Waals surface area contributed by atoms with Crippen molar-refractivity contribution in [3.05, 3.63) is 29.8 Å². The number of benzene rings is 1. The normalized spacial score (nSPS) is 22.1. The number of carbonyl (C=O) groups excluding carboxylic acids is 1. The van der Waals surface area contributed by atoms with Crippen molar-refractivity contribution in [2.24, 2.45) is 0 Å². The predicted molar refractivity (Wildman–Crippen MR) is 68.9 cm³/mol. The van der Waals surface area contributed by atoms with E-state index in [0.717, 1.165) is 11.3 Å². The predicted octanol–water partition coefficient (Wildman–Crippen LogP) is 2.67. The SMILES string of the molecule is COc1ccc([C@@H]2OC(=O)O[C@@H]2C#CI)cc1. The molecule has 0 spiro atoms. The molecule has 17 heavy (non-hydrogen) atoms. The first kappa shape index (κ1) is 12.0. The van der Waals surface area contributed by atoms with Crippen LogP contribution in [0.25, 0.3) is 0 Å². The van der Waals surface area contributed by atoms with Crippen molar-refractivity contribution >= 4 is 28.7 Å². The van der Waals surface area contributed by atoms with E-state index in [1.54, 1.807) is 19.2 Å². The lowest BCUT2D eigenvalue weighted by Crippen LogP contribution is -2.12. The molecule has 1 heterocycles. The van der Waals surface area contributed by atoms with Gasteiger partial charge in [0, 0.05) is 22.6 Å².